The van der Waals surface area contributed by atoms with Gasteiger partial charge in [0.05, 0.1) is 0 Å². The molecule has 0 bridgehead atoms. The van der Waals surface area contributed by atoms with Crippen molar-refractivity contribution < 1.29 is 0 Å². The summed E-state index contributed by atoms with van der Waals surface area (Å²) in [4.78, 5) is 2.49. The molecule has 9 rings (SSSR count). The molecular weight excluding hydrogens is 615 g/mol. The van der Waals surface area contributed by atoms with Gasteiger partial charge >= 0.3 is 0 Å². The van der Waals surface area contributed by atoms with Gasteiger partial charge in [-0.2, -0.15) is 0 Å². The second-order valence-electron chi connectivity index (χ2n) is 14.6. The van der Waals surface area contributed by atoms with Gasteiger partial charge < -0.3 is 4.90 Å². The summed E-state index contributed by atoms with van der Waals surface area (Å²) in [5.74, 6) is 0. The molecule has 0 saturated heterocycles. The standard InChI is InChI=1S/C50H45N/c1-5-49(6-2)45-24-15-14-23-41(45)43-32-39(25-27-46(43)49)51(38-22-16-21-35(29-38)34-17-10-9-11-18-34)40-26-28-47-44(33-40)42-30-36-19-12-13-20-37(36)31-48(42)50(47,7-3)8-4/h9-33H,5-8H2,1-4H3. The van der Waals surface area contributed by atoms with Crippen LogP contribution in [0, 0.1) is 0 Å². The zero-order valence-corrected chi connectivity index (χ0v) is 30.2. The van der Waals surface area contributed by atoms with Gasteiger partial charge in [0.15, 0.2) is 0 Å². The Morgan fingerprint density at radius 2 is 0.843 bits per heavy atom. The molecule has 7 aromatic rings. The number of anilines is 3. The predicted molar refractivity (Wildman–Crippen MR) is 218 cm³/mol. The van der Waals surface area contributed by atoms with Gasteiger partial charge in [-0.25, -0.2) is 0 Å². The van der Waals surface area contributed by atoms with E-state index in [0.717, 1.165) is 31.4 Å². The van der Waals surface area contributed by atoms with Gasteiger partial charge in [0, 0.05) is 27.9 Å². The predicted octanol–water partition coefficient (Wildman–Crippen LogP) is 14.1. The minimum atomic E-state index is 0.00615. The van der Waals surface area contributed by atoms with Crippen molar-refractivity contribution in [1.29, 1.82) is 0 Å². The average Bonchev–Trinajstić information content (AvgIpc) is 3.63. The lowest BCUT2D eigenvalue weighted by molar-refractivity contribution is 0.490. The first kappa shape index (κ1) is 31.6. The molecule has 0 spiro atoms. The summed E-state index contributed by atoms with van der Waals surface area (Å²) < 4.78 is 0. The monoisotopic (exact) mass is 659 g/mol. The quantitative estimate of drug-likeness (QED) is 0.157. The average molecular weight is 660 g/mol. The fourth-order valence-corrected chi connectivity index (χ4v) is 9.83. The third-order valence-corrected chi connectivity index (χ3v) is 12.6. The Hall–Kier alpha value is -5.40. The van der Waals surface area contributed by atoms with Crippen molar-refractivity contribution in [3.8, 4) is 33.4 Å². The van der Waals surface area contributed by atoms with Crippen LogP contribution in [-0.2, 0) is 10.8 Å². The molecule has 0 N–H and O–H groups in total. The Morgan fingerprint density at radius 1 is 0.353 bits per heavy atom. The van der Waals surface area contributed by atoms with Crippen molar-refractivity contribution in [2.45, 2.75) is 64.2 Å². The molecule has 7 aromatic carbocycles. The lowest BCUT2D eigenvalue weighted by Gasteiger charge is -2.31. The van der Waals surface area contributed by atoms with Crippen LogP contribution in [0.25, 0.3) is 44.2 Å². The molecule has 250 valence electrons. The number of hydrogen-bond acceptors (Lipinski definition) is 1. The van der Waals surface area contributed by atoms with Crippen LogP contribution in [0.4, 0.5) is 17.1 Å². The van der Waals surface area contributed by atoms with Crippen molar-refractivity contribution in [3.63, 3.8) is 0 Å². The molecular formula is C50H45N. The molecule has 0 amide bonds. The molecule has 51 heavy (non-hydrogen) atoms. The van der Waals surface area contributed by atoms with Crippen LogP contribution >= 0.6 is 0 Å². The number of benzene rings is 7. The molecule has 1 heteroatoms. The number of nitrogens with zero attached hydrogens (tertiary/aromatic N) is 1. The molecule has 0 fully saturated rings. The van der Waals surface area contributed by atoms with Gasteiger partial charge in [-0.15, -0.1) is 0 Å². The number of hydrogen-bond donors (Lipinski definition) is 0. The van der Waals surface area contributed by atoms with E-state index in [4.69, 9.17) is 0 Å². The summed E-state index contributed by atoms with van der Waals surface area (Å²) >= 11 is 0. The van der Waals surface area contributed by atoms with Crippen LogP contribution in [0.15, 0.2) is 152 Å². The summed E-state index contributed by atoms with van der Waals surface area (Å²) in [6.45, 7) is 9.43. The van der Waals surface area contributed by atoms with Crippen LogP contribution in [-0.4, -0.2) is 0 Å². The van der Waals surface area contributed by atoms with E-state index in [1.807, 2.05) is 0 Å². The molecule has 0 aromatic heterocycles. The van der Waals surface area contributed by atoms with Gasteiger partial charge in [-0.05, 0) is 141 Å². The normalized spacial score (nSPS) is 14.5. The van der Waals surface area contributed by atoms with Gasteiger partial charge in [0.25, 0.3) is 0 Å². The summed E-state index contributed by atoms with van der Waals surface area (Å²) in [5.41, 5.74) is 17.4. The second kappa shape index (κ2) is 12.1. The largest absolute Gasteiger partial charge is 0.310 e. The first-order valence-corrected chi connectivity index (χ1v) is 18.9. The molecule has 0 aliphatic heterocycles. The third kappa shape index (κ3) is 4.60. The highest BCUT2D eigenvalue weighted by Crippen LogP contribution is 2.56. The van der Waals surface area contributed by atoms with Crippen LogP contribution in [0.2, 0.25) is 0 Å². The first-order valence-electron chi connectivity index (χ1n) is 18.9. The fraction of sp³-hybridized carbons (Fsp3) is 0.200. The Labute approximate surface area is 303 Å². The number of rotatable bonds is 8. The van der Waals surface area contributed by atoms with Crippen LogP contribution in [0.1, 0.15) is 75.6 Å². The Balaban J connectivity index is 1.28. The number of fused-ring (bicyclic) bond motifs is 7. The van der Waals surface area contributed by atoms with E-state index in [0.29, 0.717) is 0 Å². The highest BCUT2D eigenvalue weighted by Gasteiger charge is 2.42. The molecule has 0 heterocycles. The van der Waals surface area contributed by atoms with Gasteiger partial charge in [0.1, 0.15) is 0 Å². The minimum Gasteiger partial charge on any atom is -0.310 e. The second-order valence-corrected chi connectivity index (χ2v) is 14.6. The van der Waals surface area contributed by atoms with E-state index in [2.05, 4.69) is 184 Å². The Bertz CT molecular complexity index is 2430. The van der Waals surface area contributed by atoms with E-state index >= 15 is 0 Å². The van der Waals surface area contributed by atoms with E-state index in [-0.39, 0.29) is 10.8 Å². The fourth-order valence-electron chi connectivity index (χ4n) is 9.83. The third-order valence-electron chi connectivity index (χ3n) is 12.6. The maximum atomic E-state index is 2.49. The van der Waals surface area contributed by atoms with Crippen LogP contribution in [0.5, 0.6) is 0 Å². The Kier molecular flexibility index (Phi) is 7.51. The van der Waals surface area contributed by atoms with Crippen molar-refractivity contribution in [2.75, 3.05) is 4.90 Å². The van der Waals surface area contributed by atoms with Crippen molar-refractivity contribution in [1.82, 2.24) is 0 Å². The highest BCUT2D eigenvalue weighted by atomic mass is 15.1. The smallest absolute Gasteiger partial charge is 0.0468 e. The maximum absolute atomic E-state index is 2.49. The molecule has 1 nitrogen and oxygen atoms in total. The van der Waals surface area contributed by atoms with Crippen molar-refractivity contribution >= 4 is 27.8 Å². The highest BCUT2D eigenvalue weighted by molar-refractivity contribution is 5.96. The lowest BCUT2D eigenvalue weighted by atomic mass is 9.73. The van der Waals surface area contributed by atoms with Crippen LogP contribution < -0.4 is 4.90 Å². The Morgan fingerprint density at radius 3 is 1.51 bits per heavy atom. The topological polar surface area (TPSA) is 3.24 Å². The molecule has 0 saturated carbocycles. The van der Waals surface area contributed by atoms with Crippen molar-refractivity contribution in [3.05, 3.63) is 174 Å². The zero-order valence-electron chi connectivity index (χ0n) is 30.2. The molecule has 2 aliphatic carbocycles. The summed E-state index contributed by atoms with van der Waals surface area (Å²) in [6.07, 6.45) is 4.33. The lowest BCUT2D eigenvalue weighted by Crippen LogP contribution is -2.23. The SMILES string of the molecule is CCC1(CC)c2ccccc2-c2cc(N(c3cccc(-c4ccccc4)c3)c3ccc4c(c3)-c3cc5ccccc5cc3C4(CC)CC)ccc21. The van der Waals surface area contributed by atoms with E-state index in [1.54, 1.807) is 0 Å². The van der Waals surface area contributed by atoms with Gasteiger partial charge in [0.2, 0.25) is 0 Å². The van der Waals surface area contributed by atoms with Gasteiger partial charge in [-0.3, -0.25) is 0 Å². The van der Waals surface area contributed by atoms with E-state index in [9.17, 15) is 0 Å². The minimum absolute atomic E-state index is 0.00615. The first-order chi connectivity index (χ1) is 25.0. The molecule has 2 aliphatic rings. The van der Waals surface area contributed by atoms with Gasteiger partial charge in [-0.1, -0.05) is 131 Å². The van der Waals surface area contributed by atoms with E-state index < -0.39 is 0 Å². The maximum Gasteiger partial charge on any atom is 0.0468 e. The summed E-state index contributed by atoms with van der Waals surface area (Å²) in [7, 11) is 0. The molecule has 0 unspecified atom stereocenters. The van der Waals surface area contributed by atoms with E-state index in [1.165, 1.54) is 77.8 Å². The summed E-state index contributed by atoms with van der Waals surface area (Å²) in [5, 5.41) is 2.62. The summed E-state index contributed by atoms with van der Waals surface area (Å²) in [6, 6.07) is 57.3. The van der Waals surface area contributed by atoms with Crippen molar-refractivity contribution in [2.24, 2.45) is 0 Å². The van der Waals surface area contributed by atoms with Crippen LogP contribution in [0.3, 0.4) is 0 Å². The molecule has 0 atom stereocenters. The molecule has 0 radical (unpaired) electrons. The zero-order chi connectivity index (χ0) is 34.7.